The van der Waals surface area contributed by atoms with Crippen LogP contribution in [0.15, 0.2) is 32.4 Å². The molecular weight excluding hydrogens is 371 g/mol. The van der Waals surface area contributed by atoms with Crippen LogP contribution in [0.1, 0.15) is 5.56 Å². The molecule has 0 saturated heterocycles. The van der Waals surface area contributed by atoms with Crippen molar-refractivity contribution in [2.45, 2.75) is 6.18 Å². The zero-order chi connectivity index (χ0) is 16.7. The number of hydrogen-bond donors (Lipinski definition) is 0. The summed E-state index contributed by atoms with van der Waals surface area (Å²) < 4.78 is 44.7. The van der Waals surface area contributed by atoms with Crippen molar-refractivity contribution >= 4 is 15.9 Å². The molecule has 0 unspecified atom stereocenters. The van der Waals surface area contributed by atoms with Gasteiger partial charge in [0.2, 0.25) is 5.75 Å². The van der Waals surface area contributed by atoms with Gasteiger partial charge in [-0.3, -0.25) is 14.2 Å². The summed E-state index contributed by atoms with van der Waals surface area (Å²) in [5.41, 5.74) is -3.32. The Hall–Kier alpha value is -2.10. The number of aromatic nitrogens is 3. The van der Waals surface area contributed by atoms with Crippen LogP contribution in [0.5, 0.6) is 5.75 Å². The summed E-state index contributed by atoms with van der Waals surface area (Å²) in [4.78, 5) is 24.0. The molecule has 0 aliphatic rings. The molecule has 2 heterocycles. The Morgan fingerprint density at radius 1 is 1.23 bits per heavy atom. The van der Waals surface area contributed by atoms with E-state index in [1.807, 2.05) is 0 Å². The Bertz CT molecular complexity index is 842. The first kappa shape index (κ1) is 16.3. The molecule has 6 nitrogen and oxygen atoms in total. The van der Waals surface area contributed by atoms with Crippen LogP contribution in [0.25, 0.3) is 5.82 Å². The number of pyridine rings is 1. The summed E-state index contributed by atoms with van der Waals surface area (Å²) >= 11 is 3.07. The molecule has 0 saturated carbocycles. The van der Waals surface area contributed by atoms with Crippen molar-refractivity contribution in [2.24, 2.45) is 7.05 Å². The van der Waals surface area contributed by atoms with Crippen LogP contribution in [0.4, 0.5) is 13.2 Å². The zero-order valence-electron chi connectivity index (χ0n) is 11.3. The average Bonchev–Trinajstić information content (AvgIpc) is 2.42. The summed E-state index contributed by atoms with van der Waals surface area (Å²) in [6, 6.07) is 1.60. The van der Waals surface area contributed by atoms with Crippen molar-refractivity contribution < 1.29 is 17.9 Å². The minimum Gasteiger partial charge on any atom is -0.490 e. The topological polar surface area (TPSA) is 66.1 Å². The van der Waals surface area contributed by atoms with Crippen LogP contribution in [-0.4, -0.2) is 21.5 Å². The summed E-state index contributed by atoms with van der Waals surface area (Å²) in [6.45, 7) is 0. The molecule has 0 aromatic carbocycles. The van der Waals surface area contributed by atoms with E-state index < -0.39 is 22.9 Å². The molecule has 0 atom stereocenters. The highest BCUT2D eigenvalue weighted by molar-refractivity contribution is 9.10. The van der Waals surface area contributed by atoms with Gasteiger partial charge in [-0.25, -0.2) is 0 Å². The van der Waals surface area contributed by atoms with Crippen molar-refractivity contribution in [2.75, 3.05) is 7.11 Å². The molecule has 118 valence electrons. The van der Waals surface area contributed by atoms with E-state index in [1.54, 1.807) is 0 Å². The minimum atomic E-state index is -4.77. The van der Waals surface area contributed by atoms with Gasteiger partial charge in [-0.1, -0.05) is 0 Å². The molecule has 0 bridgehead atoms. The fraction of sp³-hybridized carbons (Fsp3) is 0.250. The lowest BCUT2D eigenvalue weighted by atomic mass is 10.2. The third-order valence-electron chi connectivity index (χ3n) is 2.89. The molecule has 0 aliphatic carbocycles. The van der Waals surface area contributed by atoms with Gasteiger partial charge in [-0.2, -0.15) is 23.0 Å². The first-order valence-electron chi connectivity index (χ1n) is 5.78. The lowest BCUT2D eigenvalue weighted by Gasteiger charge is -2.13. The summed E-state index contributed by atoms with van der Waals surface area (Å²) in [5, 5.41) is 3.79. The first-order valence-corrected chi connectivity index (χ1v) is 6.57. The van der Waals surface area contributed by atoms with E-state index in [0.717, 1.165) is 17.8 Å². The zero-order valence-corrected chi connectivity index (χ0v) is 12.9. The molecule has 0 aliphatic heterocycles. The second-order valence-corrected chi connectivity index (χ2v) is 5.06. The van der Waals surface area contributed by atoms with Crippen LogP contribution in [0.3, 0.4) is 0 Å². The van der Waals surface area contributed by atoms with Gasteiger partial charge in [0.15, 0.2) is 0 Å². The second kappa shape index (κ2) is 5.59. The summed E-state index contributed by atoms with van der Waals surface area (Å²) in [6.07, 6.45) is -3.54. The average molecular weight is 380 g/mol. The van der Waals surface area contributed by atoms with Crippen LogP contribution < -0.4 is 15.9 Å². The number of rotatable bonds is 2. The second-order valence-electron chi connectivity index (χ2n) is 4.21. The molecule has 0 fully saturated rings. The molecule has 0 amide bonds. The SMILES string of the molecule is COc1c(Br)cnn(-c2ccc(C(F)(F)F)c(=O)n2C)c1=O. The molecule has 22 heavy (non-hydrogen) atoms. The molecule has 10 heteroatoms. The maximum Gasteiger partial charge on any atom is 0.421 e. The predicted molar refractivity (Wildman–Crippen MR) is 74.3 cm³/mol. The Balaban J connectivity index is 2.74. The molecule has 0 spiro atoms. The van der Waals surface area contributed by atoms with Crippen molar-refractivity contribution in [3.05, 3.63) is 49.1 Å². The highest BCUT2D eigenvalue weighted by atomic mass is 79.9. The van der Waals surface area contributed by atoms with Crippen molar-refractivity contribution in [1.29, 1.82) is 0 Å². The van der Waals surface area contributed by atoms with Crippen LogP contribution in [-0.2, 0) is 13.2 Å². The van der Waals surface area contributed by atoms with Gasteiger partial charge in [0.1, 0.15) is 11.4 Å². The Labute approximate surface area is 129 Å². The highest BCUT2D eigenvalue weighted by Gasteiger charge is 2.34. The minimum absolute atomic E-state index is 0.0812. The molecule has 2 rings (SSSR count). The summed E-state index contributed by atoms with van der Waals surface area (Å²) in [7, 11) is 2.38. The van der Waals surface area contributed by atoms with Gasteiger partial charge < -0.3 is 4.74 Å². The lowest BCUT2D eigenvalue weighted by molar-refractivity contribution is -0.138. The van der Waals surface area contributed by atoms with E-state index >= 15 is 0 Å². The van der Waals surface area contributed by atoms with Gasteiger partial charge >= 0.3 is 11.7 Å². The highest BCUT2D eigenvalue weighted by Crippen LogP contribution is 2.26. The Morgan fingerprint density at radius 2 is 1.86 bits per heavy atom. The van der Waals surface area contributed by atoms with Gasteiger partial charge in [0, 0.05) is 7.05 Å². The third kappa shape index (κ3) is 2.65. The quantitative estimate of drug-likeness (QED) is 0.796. The predicted octanol–water partition coefficient (Wildman–Crippen LogP) is 1.72. The maximum atomic E-state index is 12.7. The van der Waals surface area contributed by atoms with Crippen molar-refractivity contribution in [3.63, 3.8) is 0 Å². The number of ether oxygens (including phenoxy) is 1. The van der Waals surface area contributed by atoms with Crippen molar-refractivity contribution in [1.82, 2.24) is 14.3 Å². The normalized spacial score (nSPS) is 11.5. The van der Waals surface area contributed by atoms with Gasteiger partial charge in [0.25, 0.3) is 5.56 Å². The van der Waals surface area contributed by atoms with Crippen molar-refractivity contribution in [3.8, 4) is 11.6 Å². The Kier molecular flexibility index (Phi) is 4.14. The van der Waals surface area contributed by atoms with E-state index in [0.29, 0.717) is 10.6 Å². The smallest absolute Gasteiger partial charge is 0.421 e. The van der Waals surface area contributed by atoms with Crippen LogP contribution >= 0.6 is 15.9 Å². The third-order valence-corrected chi connectivity index (χ3v) is 3.46. The monoisotopic (exact) mass is 379 g/mol. The lowest BCUT2D eigenvalue weighted by Crippen LogP contribution is -2.32. The first-order chi connectivity index (χ1) is 10.2. The molecular formula is C12H9BrF3N3O3. The van der Waals surface area contributed by atoms with E-state index in [2.05, 4.69) is 21.0 Å². The molecule has 0 radical (unpaired) electrons. The molecule has 0 N–H and O–H groups in total. The Morgan fingerprint density at radius 3 is 2.41 bits per heavy atom. The van der Waals surface area contributed by atoms with E-state index in [-0.39, 0.29) is 16.0 Å². The maximum absolute atomic E-state index is 12.7. The standard InChI is InChI=1S/C12H9BrF3N3O3/c1-18-8(4-3-6(10(18)20)12(14,15)16)19-11(21)9(22-2)7(13)5-17-19/h3-5H,1-2H3. The number of halogens is 4. The molecule has 2 aromatic heterocycles. The van der Waals surface area contributed by atoms with Gasteiger partial charge in [-0.15, -0.1) is 0 Å². The number of hydrogen-bond acceptors (Lipinski definition) is 4. The molecule has 2 aromatic rings. The number of methoxy groups -OCH3 is 1. The van der Waals surface area contributed by atoms with Crippen LogP contribution in [0.2, 0.25) is 0 Å². The fourth-order valence-electron chi connectivity index (χ4n) is 1.82. The fourth-order valence-corrected chi connectivity index (χ4v) is 2.24. The largest absolute Gasteiger partial charge is 0.490 e. The van der Waals surface area contributed by atoms with E-state index in [4.69, 9.17) is 4.74 Å². The van der Waals surface area contributed by atoms with E-state index in [9.17, 15) is 22.8 Å². The van der Waals surface area contributed by atoms with Gasteiger partial charge in [-0.05, 0) is 28.1 Å². The summed E-state index contributed by atoms with van der Waals surface area (Å²) in [5.74, 6) is -0.198. The van der Waals surface area contributed by atoms with Gasteiger partial charge in [0.05, 0.1) is 17.8 Å². The van der Waals surface area contributed by atoms with Crippen LogP contribution in [0, 0.1) is 0 Å². The van der Waals surface area contributed by atoms with E-state index in [1.165, 1.54) is 13.3 Å². The number of nitrogens with zero attached hydrogens (tertiary/aromatic N) is 3. The number of alkyl halides is 3.